The average molecular weight is 376 g/mol. The van der Waals surface area contributed by atoms with Gasteiger partial charge in [-0.3, -0.25) is 5.73 Å². The van der Waals surface area contributed by atoms with Crippen LogP contribution in [0.25, 0.3) is 0 Å². The second-order valence-electron chi connectivity index (χ2n) is 5.92. The molecular formula is C16H16BrN4O2+. The average Bonchev–Trinajstić information content (AvgIpc) is 2.97. The number of amidine groups is 1. The second-order valence-corrected chi connectivity index (χ2v) is 6.83. The van der Waals surface area contributed by atoms with Gasteiger partial charge >= 0.3 is 5.91 Å². The molecule has 3 atom stereocenters. The Morgan fingerprint density at radius 2 is 1.70 bits per heavy atom. The van der Waals surface area contributed by atoms with Crippen LogP contribution in [0.3, 0.4) is 0 Å². The number of hydrogen-bond donors (Lipinski definition) is 2. The number of rotatable bonds is 3. The van der Waals surface area contributed by atoms with Gasteiger partial charge in [0.1, 0.15) is 0 Å². The summed E-state index contributed by atoms with van der Waals surface area (Å²) in [6.45, 7) is 1.85. The Kier molecular flexibility index (Phi) is 3.15. The van der Waals surface area contributed by atoms with Crippen LogP contribution in [0, 0.1) is 33.5 Å². The van der Waals surface area contributed by atoms with Crippen molar-refractivity contribution < 1.29 is 14.5 Å². The zero-order valence-corrected chi connectivity index (χ0v) is 14.6. The Bertz CT molecular complexity index is 790. The summed E-state index contributed by atoms with van der Waals surface area (Å²) >= 11 is 3.39. The highest BCUT2D eigenvalue weighted by Crippen LogP contribution is 2.82. The molecule has 2 aliphatic rings. The van der Waals surface area contributed by atoms with Gasteiger partial charge in [0.15, 0.2) is 10.8 Å². The molecular weight excluding hydrogens is 360 g/mol. The Morgan fingerprint density at radius 3 is 2.13 bits per heavy atom. The molecule has 6 nitrogen and oxygen atoms in total. The highest BCUT2D eigenvalue weighted by atomic mass is 79.9. The lowest BCUT2D eigenvalue weighted by atomic mass is 9.84. The van der Waals surface area contributed by atoms with Crippen LogP contribution >= 0.6 is 15.9 Å². The first-order valence-corrected chi connectivity index (χ1v) is 7.76. The Balaban J connectivity index is 2.33. The van der Waals surface area contributed by atoms with Crippen LogP contribution in [-0.4, -0.2) is 26.0 Å². The molecule has 3 N–H and O–H groups in total. The molecule has 0 aromatic heterocycles. The SMILES string of the molecule is COC1(OC)[NH+]=C(N)[C@@]2(C#N)[C@@](C)(c3ccc(Br)cc3)[C@@]12C#N. The van der Waals surface area contributed by atoms with Crippen LogP contribution in [0.15, 0.2) is 28.7 Å². The number of methoxy groups -OCH3 is 2. The largest absolute Gasteiger partial charge is 0.343 e. The van der Waals surface area contributed by atoms with E-state index in [1.54, 1.807) is 0 Å². The van der Waals surface area contributed by atoms with Crippen molar-refractivity contribution in [1.82, 2.24) is 0 Å². The van der Waals surface area contributed by atoms with Crippen LogP contribution in [0.4, 0.5) is 0 Å². The molecule has 0 spiro atoms. The van der Waals surface area contributed by atoms with Gasteiger partial charge in [0.05, 0.1) is 17.6 Å². The molecule has 118 valence electrons. The highest BCUT2D eigenvalue weighted by Gasteiger charge is 3.02. The van der Waals surface area contributed by atoms with Crippen molar-refractivity contribution in [3.8, 4) is 12.1 Å². The smallest absolute Gasteiger partial charge is 0.317 e. The summed E-state index contributed by atoms with van der Waals surface area (Å²) in [6, 6.07) is 12.0. The van der Waals surface area contributed by atoms with E-state index < -0.39 is 22.2 Å². The van der Waals surface area contributed by atoms with Gasteiger partial charge in [-0.25, -0.2) is 4.99 Å². The predicted octanol–water partition coefficient (Wildman–Crippen LogP) is 0.138. The number of nitriles is 2. The van der Waals surface area contributed by atoms with Crippen molar-refractivity contribution in [2.75, 3.05) is 14.2 Å². The van der Waals surface area contributed by atoms with E-state index >= 15 is 0 Å². The van der Waals surface area contributed by atoms with E-state index in [-0.39, 0.29) is 5.84 Å². The number of fused-ring (bicyclic) bond motifs is 1. The minimum atomic E-state index is -1.48. The van der Waals surface area contributed by atoms with E-state index in [0.29, 0.717) is 0 Å². The van der Waals surface area contributed by atoms with Gasteiger partial charge in [-0.2, -0.15) is 10.5 Å². The highest BCUT2D eigenvalue weighted by molar-refractivity contribution is 9.10. The minimum Gasteiger partial charge on any atom is -0.317 e. The lowest BCUT2D eigenvalue weighted by Gasteiger charge is -2.30. The van der Waals surface area contributed by atoms with Gasteiger partial charge in [0.25, 0.3) is 5.84 Å². The summed E-state index contributed by atoms with van der Waals surface area (Å²) in [4.78, 5) is 2.88. The van der Waals surface area contributed by atoms with E-state index in [4.69, 9.17) is 15.2 Å². The quantitative estimate of drug-likeness (QED) is 0.730. The number of hydrogen-bond acceptors (Lipinski definition) is 5. The normalized spacial score (nSPS) is 36.5. The molecule has 0 radical (unpaired) electrons. The molecule has 1 fully saturated rings. The Hall–Kier alpha value is -1.93. The lowest BCUT2D eigenvalue weighted by molar-refractivity contribution is -0.688. The van der Waals surface area contributed by atoms with E-state index in [0.717, 1.165) is 10.0 Å². The van der Waals surface area contributed by atoms with Crippen LogP contribution < -0.4 is 10.7 Å². The fourth-order valence-corrected chi connectivity index (χ4v) is 4.63. The van der Waals surface area contributed by atoms with Gasteiger partial charge in [-0.1, -0.05) is 35.0 Å². The van der Waals surface area contributed by atoms with Crippen LogP contribution in [0.2, 0.25) is 0 Å². The number of ether oxygens (including phenoxy) is 2. The predicted molar refractivity (Wildman–Crippen MR) is 84.5 cm³/mol. The zero-order valence-electron chi connectivity index (χ0n) is 13.0. The fourth-order valence-electron chi connectivity index (χ4n) is 4.36. The van der Waals surface area contributed by atoms with Gasteiger partial charge in [0, 0.05) is 18.7 Å². The van der Waals surface area contributed by atoms with Crippen molar-refractivity contribution in [1.29, 1.82) is 10.5 Å². The summed E-state index contributed by atoms with van der Waals surface area (Å²) in [5, 5.41) is 20.0. The Labute approximate surface area is 142 Å². The maximum Gasteiger partial charge on any atom is 0.343 e. The summed E-state index contributed by atoms with van der Waals surface area (Å²) < 4.78 is 11.9. The van der Waals surface area contributed by atoms with E-state index in [9.17, 15) is 10.5 Å². The monoisotopic (exact) mass is 375 g/mol. The maximum atomic E-state index is 10.1. The van der Waals surface area contributed by atoms with Gasteiger partial charge in [-0.05, 0) is 17.7 Å². The standard InChI is InChI=1S/C16H15BrN4O2/c1-13(10-4-6-11(17)7-5-10)14(8-18)12(20)21-16(22-2,23-3)15(13,14)9-19/h4-7H,1-3H3,(H2,20,21)/p+1/t13-,14+,15-/m1/s1. The summed E-state index contributed by atoms with van der Waals surface area (Å²) in [7, 11) is 2.85. The molecule has 1 aliphatic heterocycles. The lowest BCUT2D eigenvalue weighted by Crippen LogP contribution is -2.91. The molecule has 0 amide bonds. The number of nitrogens with zero attached hydrogens (tertiary/aromatic N) is 2. The van der Waals surface area contributed by atoms with E-state index in [1.807, 2.05) is 31.2 Å². The van der Waals surface area contributed by atoms with Crippen LogP contribution in [0.5, 0.6) is 0 Å². The molecule has 1 aliphatic carbocycles. The number of halogens is 1. The van der Waals surface area contributed by atoms with Crippen molar-refractivity contribution >= 4 is 21.8 Å². The first kappa shape index (κ1) is 15.9. The maximum absolute atomic E-state index is 10.1. The molecule has 7 heteroatoms. The molecule has 3 rings (SSSR count). The molecule has 23 heavy (non-hydrogen) atoms. The number of nitrogens with one attached hydrogen (secondary N) is 1. The molecule has 0 bridgehead atoms. The van der Waals surface area contributed by atoms with Gasteiger partial charge in [0.2, 0.25) is 0 Å². The van der Waals surface area contributed by atoms with Crippen molar-refractivity contribution in [2.24, 2.45) is 16.6 Å². The minimum absolute atomic E-state index is 0.190. The summed E-state index contributed by atoms with van der Waals surface area (Å²) in [5.74, 6) is -1.29. The van der Waals surface area contributed by atoms with Crippen molar-refractivity contribution in [2.45, 2.75) is 18.2 Å². The number of nitrogens with two attached hydrogens (primary N) is 1. The molecule has 1 heterocycles. The summed E-state index contributed by atoms with van der Waals surface area (Å²) in [6.07, 6.45) is 0. The third-order valence-corrected chi connectivity index (χ3v) is 6.06. The van der Waals surface area contributed by atoms with E-state index in [2.05, 4.69) is 33.1 Å². The molecule has 1 saturated carbocycles. The fraction of sp³-hybridized carbons (Fsp3) is 0.438. The topological polar surface area (TPSA) is 106 Å². The third kappa shape index (κ3) is 1.30. The summed E-state index contributed by atoms with van der Waals surface area (Å²) in [5.41, 5.74) is 3.57. The van der Waals surface area contributed by atoms with Crippen molar-refractivity contribution in [3.63, 3.8) is 0 Å². The zero-order chi connectivity index (χ0) is 17.1. The first-order chi connectivity index (χ1) is 10.9. The van der Waals surface area contributed by atoms with Gasteiger partial charge < -0.3 is 9.47 Å². The first-order valence-electron chi connectivity index (χ1n) is 6.97. The molecule has 0 unspecified atom stereocenters. The van der Waals surface area contributed by atoms with Crippen LogP contribution in [0.1, 0.15) is 12.5 Å². The second kappa shape index (κ2) is 4.55. The molecule has 1 aromatic rings. The van der Waals surface area contributed by atoms with Crippen LogP contribution in [-0.2, 0) is 14.9 Å². The van der Waals surface area contributed by atoms with Crippen molar-refractivity contribution in [3.05, 3.63) is 34.3 Å². The molecule has 1 aromatic carbocycles. The van der Waals surface area contributed by atoms with Gasteiger partial charge in [-0.15, -0.1) is 0 Å². The number of benzene rings is 1. The molecule has 0 saturated heterocycles. The Morgan fingerprint density at radius 1 is 1.13 bits per heavy atom. The van der Waals surface area contributed by atoms with E-state index in [1.165, 1.54) is 14.2 Å². The third-order valence-electron chi connectivity index (χ3n) is 5.53.